The van der Waals surface area contributed by atoms with Gasteiger partial charge in [0.25, 0.3) is 0 Å². The highest BCUT2D eigenvalue weighted by Crippen LogP contribution is 2.42. The minimum absolute atomic E-state index is 0.147. The number of anilines is 1. The number of ether oxygens (including phenoxy) is 1. The Hall–Kier alpha value is -2.52. The molecule has 118 valence electrons. The van der Waals surface area contributed by atoms with Gasteiger partial charge in [0.15, 0.2) is 4.98 Å². The molecular weight excluding hydrogens is 310 g/mol. The molecule has 0 bridgehead atoms. The Labute approximate surface area is 139 Å². The molecule has 1 amide bonds. The van der Waals surface area contributed by atoms with Crippen LogP contribution in [0, 0.1) is 12.3 Å². The summed E-state index contributed by atoms with van der Waals surface area (Å²) >= 11 is 1.52. The van der Waals surface area contributed by atoms with E-state index < -0.39 is 0 Å². The molecule has 6 heteroatoms. The lowest BCUT2D eigenvalue weighted by Gasteiger charge is -2.15. The molecule has 0 saturated carbocycles. The van der Waals surface area contributed by atoms with Crippen LogP contribution < -0.4 is 9.64 Å². The maximum absolute atomic E-state index is 11.6. The van der Waals surface area contributed by atoms with Crippen LogP contribution in [0.15, 0.2) is 46.2 Å². The fourth-order valence-corrected chi connectivity index (χ4v) is 2.97. The second-order valence-electron chi connectivity index (χ2n) is 5.08. The van der Waals surface area contributed by atoms with Crippen molar-refractivity contribution in [1.82, 2.24) is 0 Å². The van der Waals surface area contributed by atoms with E-state index in [9.17, 15) is 10.2 Å². The number of hydrogen-bond acceptors (Lipinski definition) is 4. The zero-order valence-electron chi connectivity index (χ0n) is 13.5. The fraction of sp³-hybridized carbons (Fsp3) is 0.235. The van der Waals surface area contributed by atoms with Crippen molar-refractivity contribution < 1.29 is 9.53 Å². The smallest absolute Gasteiger partial charge is 0.412 e. The number of aryl methyl sites for hydroxylation is 1. The number of methoxy groups -OCH3 is 1. The highest BCUT2D eigenvalue weighted by Gasteiger charge is 2.24. The van der Waals surface area contributed by atoms with Gasteiger partial charge in [-0.15, -0.1) is 0 Å². The van der Waals surface area contributed by atoms with Crippen LogP contribution >= 0.6 is 11.8 Å². The van der Waals surface area contributed by atoms with Gasteiger partial charge in [-0.05, 0) is 25.1 Å². The van der Waals surface area contributed by atoms with E-state index in [1.54, 1.807) is 26.3 Å². The van der Waals surface area contributed by atoms with Crippen LogP contribution in [0.3, 0.4) is 0 Å². The van der Waals surface area contributed by atoms with Gasteiger partial charge >= 0.3 is 5.69 Å². The van der Waals surface area contributed by atoms with Crippen LogP contribution in [0.1, 0.15) is 12.5 Å². The molecule has 23 heavy (non-hydrogen) atoms. The minimum Gasteiger partial charge on any atom is -0.495 e. The summed E-state index contributed by atoms with van der Waals surface area (Å²) in [6.45, 7) is 3.49. The molecule has 0 aliphatic carbocycles. The number of hydrogen-bond donors (Lipinski definition) is 0. The van der Waals surface area contributed by atoms with Gasteiger partial charge in [-0.3, -0.25) is 4.79 Å². The molecule has 0 fully saturated rings. The van der Waals surface area contributed by atoms with E-state index in [4.69, 9.17) is 4.74 Å². The summed E-state index contributed by atoms with van der Waals surface area (Å²) in [5.74, 6) is 0.440. The van der Waals surface area contributed by atoms with Crippen molar-refractivity contribution in [1.29, 1.82) is 5.39 Å². The largest absolute Gasteiger partial charge is 0.495 e. The number of nitrogens with zero attached hydrogens (tertiary/aromatic N) is 3. The third-order valence-electron chi connectivity index (χ3n) is 3.45. The Morgan fingerprint density at radius 1 is 1.26 bits per heavy atom. The predicted molar refractivity (Wildman–Crippen MR) is 92.1 cm³/mol. The molecule has 2 aromatic rings. The minimum atomic E-state index is -0.147. The molecule has 0 radical (unpaired) electrons. The van der Waals surface area contributed by atoms with Crippen molar-refractivity contribution >= 4 is 29.0 Å². The first-order valence-corrected chi connectivity index (χ1v) is 7.84. The van der Waals surface area contributed by atoms with E-state index in [1.165, 1.54) is 29.1 Å². The number of diazo groups is 1. The molecule has 2 rings (SSSR count). The van der Waals surface area contributed by atoms with Crippen LogP contribution in [-0.4, -0.2) is 20.1 Å². The summed E-state index contributed by atoms with van der Waals surface area (Å²) in [5.41, 5.74) is 2.00. The summed E-state index contributed by atoms with van der Waals surface area (Å²) in [4.78, 5) is 18.2. The first-order chi connectivity index (χ1) is 11.0. The Morgan fingerprint density at radius 2 is 1.91 bits per heavy atom. The molecule has 0 heterocycles. The van der Waals surface area contributed by atoms with E-state index in [0.29, 0.717) is 11.4 Å². The molecule has 2 aromatic carbocycles. The second kappa shape index (κ2) is 7.16. The van der Waals surface area contributed by atoms with E-state index in [2.05, 4.69) is 4.98 Å². The van der Waals surface area contributed by atoms with Crippen LogP contribution in [-0.2, 0) is 4.79 Å². The van der Waals surface area contributed by atoms with Crippen molar-refractivity contribution in [2.45, 2.75) is 23.6 Å². The van der Waals surface area contributed by atoms with Gasteiger partial charge < -0.3 is 9.64 Å². The molecule has 0 spiro atoms. The average molecular weight is 328 g/mol. The predicted octanol–water partition coefficient (Wildman–Crippen LogP) is 4.62. The van der Waals surface area contributed by atoms with E-state index >= 15 is 0 Å². The molecule has 0 unspecified atom stereocenters. The number of carbonyl (C=O) groups is 1. The van der Waals surface area contributed by atoms with Crippen molar-refractivity contribution in [3.05, 3.63) is 46.9 Å². The molecule has 0 aliphatic heterocycles. The van der Waals surface area contributed by atoms with Gasteiger partial charge in [-0.1, -0.05) is 29.5 Å². The summed E-state index contributed by atoms with van der Waals surface area (Å²) in [6.07, 6.45) is 0. The lowest BCUT2D eigenvalue weighted by Crippen LogP contribution is -2.22. The quantitative estimate of drug-likeness (QED) is 0.768. The zero-order chi connectivity index (χ0) is 17.0. The van der Waals surface area contributed by atoms with E-state index in [-0.39, 0.29) is 11.6 Å². The standard InChI is InChI=1S/C17H18N3O2S/c1-11-5-7-13(8-6-11)23-17-10-15(20(3)12(2)21)14(19-18)9-16(17)22-4/h5-10H,1-4H3/q+1. The molecule has 0 aliphatic rings. The number of carbonyl (C=O) groups excluding carboxylic acids is 1. The Morgan fingerprint density at radius 3 is 2.43 bits per heavy atom. The maximum Gasteiger partial charge on any atom is 0.412 e. The molecule has 5 nitrogen and oxygen atoms in total. The normalized spacial score (nSPS) is 10.0. The first-order valence-electron chi connectivity index (χ1n) is 7.02. The fourth-order valence-electron chi connectivity index (χ4n) is 2.03. The average Bonchev–Trinajstić information content (AvgIpc) is 2.55. The number of rotatable bonds is 4. The summed E-state index contributed by atoms with van der Waals surface area (Å²) in [5, 5.41) is 9.20. The Bertz CT molecular complexity index is 767. The molecule has 0 saturated heterocycles. The first kappa shape index (κ1) is 16.8. The Balaban J connectivity index is 2.49. The summed E-state index contributed by atoms with van der Waals surface area (Å²) in [7, 11) is 3.20. The van der Waals surface area contributed by atoms with Gasteiger partial charge in [0.1, 0.15) is 11.4 Å². The molecule has 0 aromatic heterocycles. The van der Waals surface area contributed by atoms with Crippen molar-refractivity contribution in [2.24, 2.45) is 0 Å². The third kappa shape index (κ3) is 3.82. The maximum atomic E-state index is 11.6. The zero-order valence-corrected chi connectivity index (χ0v) is 14.3. The third-order valence-corrected chi connectivity index (χ3v) is 4.50. The van der Waals surface area contributed by atoms with Gasteiger partial charge in [0.05, 0.1) is 18.1 Å². The number of amides is 1. The number of benzene rings is 2. The SMILES string of the molecule is COc1cc([N+]#N)c(N(C)C(C)=O)cc1Sc1ccc(C)cc1. The van der Waals surface area contributed by atoms with Crippen molar-refractivity contribution in [3.63, 3.8) is 0 Å². The lowest BCUT2D eigenvalue weighted by atomic mass is 10.2. The van der Waals surface area contributed by atoms with Gasteiger partial charge in [-0.25, -0.2) is 0 Å². The van der Waals surface area contributed by atoms with Crippen molar-refractivity contribution in [2.75, 3.05) is 19.1 Å². The Kier molecular flexibility index (Phi) is 5.24. The lowest BCUT2D eigenvalue weighted by molar-refractivity contribution is -0.116. The van der Waals surface area contributed by atoms with Gasteiger partial charge in [0.2, 0.25) is 11.3 Å². The van der Waals surface area contributed by atoms with E-state index in [1.807, 2.05) is 31.2 Å². The van der Waals surface area contributed by atoms with E-state index in [0.717, 1.165) is 9.79 Å². The molecule has 0 atom stereocenters. The monoisotopic (exact) mass is 328 g/mol. The van der Waals surface area contributed by atoms with Crippen LogP contribution in [0.5, 0.6) is 5.75 Å². The topological polar surface area (TPSA) is 57.7 Å². The second-order valence-corrected chi connectivity index (χ2v) is 6.20. The highest BCUT2D eigenvalue weighted by atomic mass is 32.2. The van der Waals surface area contributed by atoms with Crippen LogP contribution in [0.4, 0.5) is 11.4 Å². The van der Waals surface area contributed by atoms with Crippen molar-refractivity contribution in [3.8, 4) is 5.75 Å². The molecular formula is C17H18N3O2S+. The molecule has 0 N–H and O–H groups in total. The van der Waals surface area contributed by atoms with Crippen LogP contribution in [0.25, 0.3) is 4.98 Å². The van der Waals surface area contributed by atoms with Crippen LogP contribution in [0.2, 0.25) is 0 Å². The summed E-state index contributed by atoms with van der Waals surface area (Å²) < 4.78 is 5.38. The van der Waals surface area contributed by atoms with Gasteiger partial charge in [-0.2, -0.15) is 0 Å². The highest BCUT2D eigenvalue weighted by molar-refractivity contribution is 7.99. The summed E-state index contributed by atoms with van der Waals surface area (Å²) in [6, 6.07) is 11.5. The van der Waals surface area contributed by atoms with Gasteiger partial charge in [0, 0.05) is 18.9 Å².